The number of nitrogens with zero attached hydrogens (tertiary/aromatic N) is 2. The molecule has 0 aliphatic carbocycles. The zero-order valence-corrected chi connectivity index (χ0v) is 9.56. The van der Waals surface area contributed by atoms with Gasteiger partial charge in [0.25, 0.3) is 0 Å². The normalized spacial score (nSPS) is 10.9. The number of aromatic nitrogens is 4. The van der Waals surface area contributed by atoms with Crippen LogP contribution in [0.4, 0.5) is 0 Å². The number of fused-ring (bicyclic) bond motifs is 1. The Morgan fingerprint density at radius 1 is 1.39 bits per heavy atom. The van der Waals surface area contributed by atoms with E-state index in [0.29, 0.717) is 5.69 Å². The van der Waals surface area contributed by atoms with E-state index in [-0.39, 0.29) is 5.56 Å². The minimum absolute atomic E-state index is 0.158. The quantitative estimate of drug-likeness (QED) is 0.640. The first-order valence-electron chi connectivity index (χ1n) is 5.38. The van der Waals surface area contributed by atoms with Gasteiger partial charge in [-0.3, -0.25) is 5.10 Å². The van der Waals surface area contributed by atoms with Gasteiger partial charge in [-0.1, -0.05) is 6.07 Å². The van der Waals surface area contributed by atoms with E-state index in [1.165, 1.54) is 6.20 Å². The molecule has 3 aromatic rings. The molecule has 0 aliphatic heterocycles. The van der Waals surface area contributed by atoms with Crippen molar-refractivity contribution >= 4 is 17.0 Å². The lowest BCUT2D eigenvalue weighted by molar-refractivity contribution is 0.0698. The monoisotopic (exact) mass is 242 g/mol. The number of carboxylic acids is 1. The Bertz CT molecular complexity index is 741. The van der Waals surface area contributed by atoms with Crippen molar-refractivity contribution in [1.29, 1.82) is 0 Å². The van der Waals surface area contributed by atoms with E-state index in [2.05, 4.69) is 20.2 Å². The highest BCUT2D eigenvalue weighted by Gasteiger charge is 2.14. The minimum Gasteiger partial charge on any atom is -0.478 e. The SMILES string of the molecule is Cc1nc2ccc(-c3[nH]ncc3C(=O)O)cc2[nH]1. The molecule has 0 bridgehead atoms. The summed E-state index contributed by atoms with van der Waals surface area (Å²) < 4.78 is 0. The Kier molecular flexibility index (Phi) is 2.16. The Labute approximate surface area is 102 Å². The second-order valence-electron chi connectivity index (χ2n) is 4.02. The molecule has 0 unspecified atom stereocenters. The summed E-state index contributed by atoms with van der Waals surface area (Å²) in [5, 5.41) is 15.5. The van der Waals surface area contributed by atoms with Gasteiger partial charge < -0.3 is 10.1 Å². The van der Waals surface area contributed by atoms with Crippen LogP contribution < -0.4 is 0 Å². The summed E-state index contributed by atoms with van der Waals surface area (Å²) in [5.74, 6) is -0.176. The maximum absolute atomic E-state index is 11.0. The average Bonchev–Trinajstić information content (AvgIpc) is 2.91. The number of hydrogen-bond acceptors (Lipinski definition) is 3. The minimum atomic E-state index is -1.00. The van der Waals surface area contributed by atoms with E-state index >= 15 is 0 Å². The number of rotatable bonds is 2. The fourth-order valence-corrected chi connectivity index (χ4v) is 1.96. The Morgan fingerprint density at radius 2 is 2.22 bits per heavy atom. The Morgan fingerprint density at radius 3 is 3.00 bits per heavy atom. The van der Waals surface area contributed by atoms with Crippen LogP contribution in [0, 0.1) is 6.92 Å². The number of carboxylic acid groups (broad SMARTS) is 1. The van der Waals surface area contributed by atoms with Gasteiger partial charge in [0.2, 0.25) is 0 Å². The number of benzene rings is 1. The maximum atomic E-state index is 11.0. The third-order valence-electron chi connectivity index (χ3n) is 2.76. The van der Waals surface area contributed by atoms with Crippen molar-refractivity contribution in [3.63, 3.8) is 0 Å². The molecular weight excluding hydrogens is 232 g/mol. The van der Waals surface area contributed by atoms with Crippen molar-refractivity contribution in [1.82, 2.24) is 20.2 Å². The number of H-pyrrole nitrogens is 2. The molecule has 2 heterocycles. The number of aromatic amines is 2. The lowest BCUT2D eigenvalue weighted by Gasteiger charge is -1.99. The molecule has 3 N–H and O–H groups in total. The predicted molar refractivity (Wildman–Crippen MR) is 65.4 cm³/mol. The molecule has 3 rings (SSSR count). The zero-order chi connectivity index (χ0) is 12.7. The fraction of sp³-hybridized carbons (Fsp3) is 0.0833. The van der Waals surface area contributed by atoms with Crippen molar-refractivity contribution in [2.24, 2.45) is 0 Å². The standard InChI is InChI=1S/C12H10N4O2/c1-6-14-9-3-2-7(4-10(9)15-6)11-8(12(17)18)5-13-16-11/h2-5H,1H3,(H,13,16)(H,14,15)(H,17,18). The molecule has 0 atom stereocenters. The molecule has 0 amide bonds. The van der Waals surface area contributed by atoms with Gasteiger partial charge in [-0.15, -0.1) is 0 Å². The summed E-state index contributed by atoms with van der Waals surface area (Å²) in [6.45, 7) is 1.87. The van der Waals surface area contributed by atoms with Gasteiger partial charge in [-0.25, -0.2) is 9.78 Å². The molecular formula is C12H10N4O2. The fourth-order valence-electron chi connectivity index (χ4n) is 1.96. The number of aromatic carboxylic acids is 1. The van der Waals surface area contributed by atoms with Crippen LogP contribution in [0.5, 0.6) is 0 Å². The van der Waals surface area contributed by atoms with Crippen molar-refractivity contribution in [3.8, 4) is 11.3 Å². The highest BCUT2D eigenvalue weighted by Crippen LogP contribution is 2.24. The van der Waals surface area contributed by atoms with E-state index in [9.17, 15) is 4.79 Å². The van der Waals surface area contributed by atoms with E-state index in [4.69, 9.17) is 5.11 Å². The first kappa shape index (κ1) is 10.5. The lowest BCUT2D eigenvalue weighted by atomic mass is 10.1. The average molecular weight is 242 g/mol. The van der Waals surface area contributed by atoms with Gasteiger partial charge in [0, 0.05) is 5.56 Å². The van der Waals surface area contributed by atoms with Crippen molar-refractivity contribution in [2.75, 3.05) is 0 Å². The maximum Gasteiger partial charge on any atom is 0.339 e. The number of nitrogens with one attached hydrogen (secondary N) is 2. The Hall–Kier alpha value is -2.63. The topological polar surface area (TPSA) is 94.7 Å². The molecule has 0 radical (unpaired) electrons. The van der Waals surface area contributed by atoms with Gasteiger partial charge in [0.05, 0.1) is 22.9 Å². The summed E-state index contributed by atoms with van der Waals surface area (Å²) in [6.07, 6.45) is 1.31. The summed E-state index contributed by atoms with van der Waals surface area (Å²) in [7, 11) is 0. The summed E-state index contributed by atoms with van der Waals surface area (Å²) in [6, 6.07) is 5.53. The molecule has 90 valence electrons. The number of aryl methyl sites for hydroxylation is 1. The largest absolute Gasteiger partial charge is 0.478 e. The molecule has 0 saturated heterocycles. The molecule has 1 aromatic carbocycles. The highest BCUT2D eigenvalue weighted by atomic mass is 16.4. The van der Waals surface area contributed by atoms with Gasteiger partial charge in [0.1, 0.15) is 11.4 Å². The second-order valence-corrected chi connectivity index (χ2v) is 4.02. The first-order chi connectivity index (χ1) is 8.65. The van der Waals surface area contributed by atoms with Crippen LogP contribution in [-0.2, 0) is 0 Å². The van der Waals surface area contributed by atoms with Gasteiger partial charge in [0.15, 0.2) is 0 Å². The van der Waals surface area contributed by atoms with Crippen LogP contribution >= 0.6 is 0 Å². The third-order valence-corrected chi connectivity index (χ3v) is 2.76. The van der Waals surface area contributed by atoms with E-state index in [0.717, 1.165) is 22.4 Å². The number of hydrogen-bond donors (Lipinski definition) is 3. The van der Waals surface area contributed by atoms with Gasteiger partial charge in [-0.05, 0) is 19.1 Å². The summed E-state index contributed by atoms with van der Waals surface area (Å²) in [5.41, 5.74) is 3.15. The molecule has 6 nitrogen and oxygen atoms in total. The van der Waals surface area contributed by atoms with Crippen molar-refractivity contribution in [2.45, 2.75) is 6.92 Å². The second kappa shape index (κ2) is 3.69. The Balaban J connectivity index is 2.18. The lowest BCUT2D eigenvalue weighted by Crippen LogP contribution is -1.96. The van der Waals surface area contributed by atoms with E-state index in [1.54, 1.807) is 0 Å². The summed E-state index contributed by atoms with van der Waals surface area (Å²) >= 11 is 0. The van der Waals surface area contributed by atoms with Crippen LogP contribution in [-0.4, -0.2) is 31.2 Å². The molecule has 6 heteroatoms. The predicted octanol–water partition coefficient (Wildman–Crippen LogP) is 1.96. The van der Waals surface area contributed by atoms with Crippen molar-refractivity contribution in [3.05, 3.63) is 35.8 Å². The van der Waals surface area contributed by atoms with Gasteiger partial charge in [-0.2, -0.15) is 5.10 Å². The van der Waals surface area contributed by atoms with Crippen molar-refractivity contribution < 1.29 is 9.90 Å². The van der Waals surface area contributed by atoms with Crippen LogP contribution in [0.1, 0.15) is 16.2 Å². The van der Waals surface area contributed by atoms with Gasteiger partial charge >= 0.3 is 5.97 Å². The van der Waals surface area contributed by atoms with Crippen LogP contribution in [0.25, 0.3) is 22.3 Å². The molecule has 18 heavy (non-hydrogen) atoms. The summed E-state index contributed by atoms with van der Waals surface area (Å²) in [4.78, 5) is 18.5. The van der Waals surface area contributed by atoms with E-state index < -0.39 is 5.97 Å². The van der Waals surface area contributed by atoms with E-state index in [1.807, 2.05) is 25.1 Å². The molecule has 0 fully saturated rings. The first-order valence-corrected chi connectivity index (χ1v) is 5.38. The molecule has 0 aliphatic rings. The number of imidazole rings is 1. The molecule has 0 saturated carbocycles. The van der Waals surface area contributed by atoms with Crippen LogP contribution in [0.3, 0.4) is 0 Å². The smallest absolute Gasteiger partial charge is 0.339 e. The third kappa shape index (κ3) is 1.55. The van der Waals surface area contributed by atoms with Crippen LogP contribution in [0.15, 0.2) is 24.4 Å². The highest BCUT2D eigenvalue weighted by molar-refractivity contribution is 5.95. The molecule has 2 aromatic heterocycles. The molecule has 0 spiro atoms. The zero-order valence-electron chi connectivity index (χ0n) is 9.56. The number of carbonyl (C=O) groups is 1. The van der Waals surface area contributed by atoms with Crippen LogP contribution in [0.2, 0.25) is 0 Å².